The molecule has 0 bridgehead atoms. The first-order valence-electron chi connectivity index (χ1n) is 10.7. The number of pyridine rings is 1. The topological polar surface area (TPSA) is 67.8 Å². The predicted molar refractivity (Wildman–Crippen MR) is 120 cm³/mol. The van der Waals surface area contributed by atoms with E-state index in [2.05, 4.69) is 34.3 Å². The Labute approximate surface area is 179 Å². The number of nitrogens with one attached hydrogen (secondary N) is 1. The van der Waals surface area contributed by atoms with Crippen LogP contribution in [0.4, 0.5) is 0 Å². The zero-order valence-electron chi connectivity index (χ0n) is 18.1. The lowest BCUT2D eigenvalue weighted by Crippen LogP contribution is -2.24. The molecule has 0 aliphatic heterocycles. The molecule has 3 rings (SSSR count). The van der Waals surface area contributed by atoms with E-state index in [-0.39, 0.29) is 5.91 Å². The molecule has 156 valence electrons. The first-order chi connectivity index (χ1) is 14.6. The van der Waals surface area contributed by atoms with Gasteiger partial charge in [0.2, 0.25) is 5.91 Å². The molecule has 2 aromatic heterocycles. The summed E-state index contributed by atoms with van der Waals surface area (Å²) in [5, 5.41) is 2.85. The smallest absolute Gasteiger partial charge is 0.224 e. The Morgan fingerprint density at radius 3 is 2.70 bits per heavy atom. The Kier molecular flexibility index (Phi) is 7.66. The van der Waals surface area contributed by atoms with Gasteiger partial charge in [-0.05, 0) is 56.0 Å². The molecule has 1 unspecified atom stereocenters. The van der Waals surface area contributed by atoms with Gasteiger partial charge in [-0.15, -0.1) is 0 Å². The number of likely N-dealkylation sites (N-methyl/N-ethyl adjacent to an activating group) is 1. The molecule has 0 aliphatic carbocycles. The van der Waals surface area contributed by atoms with E-state index >= 15 is 0 Å². The van der Waals surface area contributed by atoms with Crippen molar-refractivity contribution in [1.29, 1.82) is 0 Å². The molecule has 0 spiro atoms. The molecular weight excluding hydrogens is 372 g/mol. The molecule has 1 amide bonds. The third-order valence-electron chi connectivity index (χ3n) is 5.25. The van der Waals surface area contributed by atoms with Crippen molar-refractivity contribution in [3.05, 3.63) is 77.5 Å². The van der Waals surface area contributed by atoms with Gasteiger partial charge in [0.15, 0.2) is 0 Å². The molecule has 0 fully saturated rings. The Bertz CT molecular complexity index is 972. The van der Waals surface area contributed by atoms with Crippen molar-refractivity contribution in [3.8, 4) is 11.3 Å². The van der Waals surface area contributed by atoms with Crippen molar-refractivity contribution in [1.82, 2.24) is 20.3 Å². The minimum Gasteiger partial charge on any atom is -0.356 e. The number of hydrogen-bond acceptors (Lipinski definition) is 4. The second-order valence-electron chi connectivity index (χ2n) is 7.61. The van der Waals surface area contributed by atoms with Crippen LogP contribution < -0.4 is 5.32 Å². The van der Waals surface area contributed by atoms with Gasteiger partial charge in [-0.25, -0.2) is 4.98 Å². The van der Waals surface area contributed by atoms with Gasteiger partial charge in [0.05, 0.1) is 24.0 Å². The summed E-state index contributed by atoms with van der Waals surface area (Å²) in [5.41, 5.74) is 6.08. The molecule has 3 aromatic rings. The lowest BCUT2D eigenvalue weighted by molar-refractivity contribution is -0.120. The molecule has 5 nitrogen and oxygen atoms in total. The number of nitrogens with zero attached hydrogens (tertiary/aromatic N) is 3. The molecule has 0 radical (unpaired) electrons. The maximum absolute atomic E-state index is 11.9. The number of benzene rings is 1. The van der Waals surface area contributed by atoms with E-state index in [1.54, 1.807) is 6.20 Å². The minimum absolute atomic E-state index is 0.0478. The highest BCUT2D eigenvalue weighted by Crippen LogP contribution is 2.25. The summed E-state index contributed by atoms with van der Waals surface area (Å²) in [6.07, 6.45) is 8.89. The van der Waals surface area contributed by atoms with Gasteiger partial charge < -0.3 is 5.32 Å². The molecule has 0 saturated carbocycles. The van der Waals surface area contributed by atoms with E-state index in [4.69, 9.17) is 4.98 Å². The second-order valence-corrected chi connectivity index (χ2v) is 7.61. The summed E-state index contributed by atoms with van der Waals surface area (Å²) < 4.78 is 0. The predicted octanol–water partition coefficient (Wildman–Crippen LogP) is 4.65. The number of carbonyl (C=O) groups excluding carboxylic acids is 1. The first kappa shape index (κ1) is 21.6. The summed E-state index contributed by atoms with van der Waals surface area (Å²) >= 11 is 0. The number of aryl methyl sites for hydroxylation is 1. The molecule has 2 heterocycles. The molecular formula is C25H30N4O. The fourth-order valence-electron chi connectivity index (χ4n) is 3.70. The van der Waals surface area contributed by atoms with E-state index in [1.165, 1.54) is 0 Å². The minimum atomic E-state index is 0.0478. The average Bonchev–Trinajstić information content (AvgIpc) is 2.76. The van der Waals surface area contributed by atoms with Crippen molar-refractivity contribution in [2.24, 2.45) is 0 Å². The first-order valence-corrected chi connectivity index (χ1v) is 10.7. The van der Waals surface area contributed by atoms with Crippen molar-refractivity contribution >= 4 is 5.91 Å². The molecule has 1 N–H and O–H groups in total. The van der Waals surface area contributed by atoms with Crippen LogP contribution in [0.3, 0.4) is 0 Å². The standard InChI is InChI=1S/C25H30N4O/c1-4-8-20(23-9-6-7-12-28-23)14-22-16-26-17-24(29-22)21-11-10-19(18(3)13-21)15-25(30)27-5-2/h6-7,9-13,16-17,20H,4-5,8,14-15H2,1-3H3,(H,27,30). The molecule has 0 saturated heterocycles. The number of rotatable bonds is 9. The highest BCUT2D eigenvalue weighted by molar-refractivity contribution is 5.79. The number of aromatic nitrogens is 3. The Hall–Kier alpha value is -3.08. The number of carbonyl (C=O) groups is 1. The van der Waals surface area contributed by atoms with Crippen LogP contribution in [0, 0.1) is 6.92 Å². The van der Waals surface area contributed by atoms with E-state index < -0.39 is 0 Å². The summed E-state index contributed by atoms with van der Waals surface area (Å²) in [4.78, 5) is 25.8. The van der Waals surface area contributed by atoms with Crippen LogP contribution in [0.15, 0.2) is 55.0 Å². The van der Waals surface area contributed by atoms with Crippen molar-refractivity contribution in [2.45, 2.75) is 52.4 Å². The van der Waals surface area contributed by atoms with Gasteiger partial charge in [-0.1, -0.05) is 31.5 Å². The van der Waals surface area contributed by atoms with Crippen LogP contribution in [0.1, 0.15) is 55.1 Å². The van der Waals surface area contributed by atoms with E-state index in [1.807, 2.05) is 50.5 Å². The highest BCUT2D eigenvalue weighted by atomic mass is 16.1. The molecule has 1 aromatic carbocycles. The molecule has 0 aliphatic rings. The monoisotopic (exact) mass is 402 g/mol. The number of hydrogen-bond donors (Lipinski definition) is 1. The number of amides is 1. The Morgan fingerprint density at radius 1 is 1.13 bits per heavy atom. The molecule has 30 heavy (non-hydrogen) atoms. The van der Waals surface area contributed by atoms with Gasteiger partial charge in [0.1, 0.15) is 0 Å². The van der Waals surface area contributed by atoms with Gasteiger partial charge >= 0.3 is 0 Å². The maximum Gasteiger partial charge on any atom is 0.224 e. The van der Waals surface area contributed by atoms with Crippen molar-refractivity contribution in [3.63, 3.8) is 0 Å². The van der Waals surface area contributed by atoms with Crippen LogP contribution in [-0.4, -0.2) is 27.4 Å². The average molecular weight is 403 g/mol. The quantitative estimate of drug-likeness (QED) is 0.566. The largest absolute Gasteiger partial charge is 0.356 e. The van der Waals surface area contributed by atoms with Crippen molar-refractivity contribution < 1.29 is 4.79 Å². The third-order valence-corrected chi connectivity index (χ3v) is 5.25. The lowest BCUT2D eigenvalue weighted by atomic mass is 9.94. The summed E-state index contributed by atoms with van der Waals surface area (Å²) in [6, 6.07) is 12.2. The van der Waals surface area contributed by atoms with E-state index in [0.29, 0.717) is 18.9 Å². The molecule has 5 heteroatoms. The van der Waals surface area contributed by atoms with Crippen LogP contribution in [0.2, 0.25) is 0 Å². The van der Waals surface area contributed by atoms with E-state index in [0.717, 1.165) is 53.0 Å². The van der Waals surface area contributed by atoms with Gasteiger partial charge in [-0.3, -0.25) is 14.8 Å². The fraction of sp³-hybridized carbons (Fsp3) is 0.360. The van der Waals surface area contributed by atoms with Crippen LogP contribution in [0.5, 0.6) is 0 Å². The summed E-state index contributed by atoms with van der Waals surface area (Å²) in [6.45, 7) is 6.81. The van der Waals surface area contributed by atoms with Crippen LogP contribution in [-0.2, 0) is 17.6 Å². The highest BCUT2D eigenvalue weighted by Gasteiger charge is 2.15. The Balaban J connectivity index is 1.79. The van der Waals surface area contributed by atoms with Crippen molar-refractivity contribution in [2.75, 3.05) is 6.54 Å². The van der Waals surface area contributed by atoms with Gasteiger partial charge in [0, 0.05) is 36.1 Å². The fourth-order valence-corrected chi connectivity index (χ4v) is 3.70. The third kappa shape index (κ3) is 5.72. The van der Waals surface area contributed by atoms with E-state index in [9.17, 15) is 4.79 Å². The van der Waals surface area contributed by atoms with Crippen LogP contribution >= 0.6 is 0 Å². The summed E-state index contributed by atoms with van der Waals surface area (Å²) in [5.74, 6) is 0.383. The normalized spacial score (nSPS) is 11.8. The SMILES string of the molecule is CCCC(Cc1cncc(-c2ccc(CC(=O)NCC)c(C)c2)n1)c1ccccn1. The van der Waals surface area contributed by atoms with Gasteiger partial charge in [-0.2, -0.15) is 0 Å². The molecule has 1 atom stereocenters. The zero-order chi connectivity index (χ0) is 21.3. The maximum atomic E-state index is 11.9. The lowest BCUT2D eigenvalue weighted by Gasteiger charge is -2.15. The van der Waals surface area contributed by atoms with Gasteiger partial charge in [0.25, 0.3) is 0 Å². The summed E-state index contributed by atoms with van der Waals surface area (Å²) in [7, 11) is 0. The van der Waals surface area contributed by atoms with Crippen LogP contribution in [0.25, 0.3) is 11.3 Å². The Morgan fingerprint density at radius 2 is 2.00 bits per heavy atom. The second kappa shape index (κ2) is 10.6. The zero-order valence-corrected chi connectivity index (χ0v) is 18.1.